The summed E-state index contributed by atoms with van der Waals surface area (Å²) in [6.07, 6.45) is 3.42. The molecule has 0 amide bonds. The van der Waals surface area contributed by atoms with Gasteiger partial charge in [-0.3, -0.25) is 4.98 Å². The third-order valence-electron chi connectivity index (χ3n) is 2.33. The Bertz CT molecular complexity index is 452. The number of halogens is 1. The van der Waals surface area contributed by atoms with E-state index in [4.69, 9.17) is 17.3 Å². The number of hydrogen-bond acceptors (Lipinski definition) is 3. The van der Waals surface area contributed by atoms with Gasteiger partial charge in [-0.25, -0.2) is 4.98 Å². The first-order valence-corrected chi connectivity index (χ1v) is 5.50. The number of nitrogens with two attached hydrogens (primary N) is 1. The molecule has 0 aliphatic rings. The average Bonchev–Trinajstić information content (AvgIpc) is 2.69. The van der Waals surface area contributed by atoms with Gasteiger partial charge in [-0.2, -0.15) is 0 Å². The molecule has 2 rings (SSSR count). The second-order valence-corrected chi connectivity index (χ2v) is 3.84. The lowest BCUT2D eigenvalue weighted by Crippen LogP contribution is -1.99. The molecule has 4 nitrogen and oxygen atoms in total. The maximum atomic E-state index is 5.97. The van der Waals surface area contributed by atoms with Crippen molar-refractivity contribution >= 4 is 11.6 Å². The van der Waals surface area contributed by atoms with E-state index in [1.807, 2.05) is 18.2 Å². The van der Waals surface area contributed by atoms with Gasteiger partial charge in [-0.15, -0.1) is 0 Å². The smallest absolute Gasteiger partial charge is 0.150 e. The number of aryl methyl sites for hydroxylation is 2. The highest BCUT2D eigenvalue weighted by molar-refractivity contribution is 6.30. The molecule has 0 bridgehead atoms. The average molecular weight is 237 g/mol. The first kappa shape index (κ1) is 11.1. The van der Waals surface area contributed by atoms with E-state index in [2.05, 4.69) is 15.0 Å². The molecule has 2 aromatic heterocycles. The molecule has 0 aromatic carbocycles. The Morgan fingerprint density at radius 1 is 1.31 bits per heavy atom. The van der Waals surface area contributed by atoms with Crippen LogP contribution in [0.3, 0.4) is 0 Å². The predicted octanol–water partition coefficient (Wildman–Crippen LogP) is 1.70. The van der Waals surface area contributed by atoms with Crippen LogP contribution < -0.4 is 5.73 Å². The zero-order valence-corrected chi connectivity index (χ0v) is 9.54. The van der Waals surface area contributed by atoms with Crippen molar-refractivity contribution in [3.05, 3.63) is 46.8 Å². The minimum Gasteiger partial charge on any atom is -0.343 e. The molecule has 3 N–H and O–H groups in total. The Kier molecular flexibility index (Phi) is 3.54. The zero-order valence-electron chi connectivity index (χ0n) is 8.78. The van der Waals surface area contributed by atoms with Gasteiger partial charge < -0.3 is 10.7 Å². The fraction of sp³-hybridized carbons (Fsp3) is 0.273. The Hall–Kier alpha value is -1.39. The van der Waals surface area contributed by atoms with Crippen LogP contribution in [0.5, 0.6) is 0 Å². The van der Waals surface area contributed by atoms with E-state index in [1.54, 1.807) is 6.20 Å². The number of imidazole rings is 1. The molecule has 0 aliphatic heterocycles. The van der Waals surface area contributed by atoms with Gasteiger partial charge in [-0.05, 0) is 25.0 Å². The number of aromatic amines is 1. The van der Waals surface area contributed by atoms with Crippen LogP contribution in [-0.4, -0.2) is 15.0 Å². The van der Waals surface area contributed by atoms with Crippen molar-refractivity contribution in [1.29, 1.82) is 0 Å². The molecule has 0 atom stereocenters. The molecular formula is C11H13ClN4. The van der Waals surface area contributed by atoms with Crippen molar-refractivity contribution < 1.29 is 0 Å². The largest absolute Gasteiger partial charge is 0.343 e. The standard InChI is InChI=1S/C11H13ClN4/c12-11-9(15-10(7-13)16-11)5-4-8-3-1-2-6-14-8/h1-3,6H,4-5,7,13H2,(H,15,16). The van der Waals surface area contributed by atoms with Crippen molar-refractivity contribution in [2.45, 2.75) is 19.4 Å². The number of hydrogen-bond donors (Lipinski definition) is 2. The topological polar surface area (TPSA) is 67.6 Å². The summed E-state index contributed by atoms with van der Waals surface area (Å²) >= 11 is 5.97. The number of H-pyrrole nitrogens is 1. The lowest BCUT2D eigenvalue weighted by molar-refractivity contribution is 0.872. The number of pyridine rings is 1. The van der Waals surface area contributed by atoms with Gasteiger partial charge in [0.15, 0.2) is 0 Å². The van der Waals surface area contributed by atoms with Crippen LogP contribution in [0.2, 0.25) is 5.15 Å². The molecule has 2 heterocycles. The van der Waals surface area contributed by atoms with Crippen LogP contribution in [0.1, 0.15) is 17.2 Å². The summed E-state index contributed by atoms with van der Waals surface area (Å²) in [7, 11) is 0. The fourth-order valence-corrected chi connectivity index (χ4v) is 1.74. The molecule has 84 valence electrons. The highest BCUT2D eigenvalue weighted by Gasteiger charge is 2.07. The van der Waals surface area contributed by atoms with Gasteiger partial charge >= 0.3 is 0 Å². The van der Waals surface area contributed by atoms with Crippen molar-refractivity contribution in [2.75, 3.05) is 0 Å². The second-order valence-electron chi connectivity index (χ2n) is 3.48. The van der Waals surface area contributed by atoms with Crippen molar-refractivity contribution in [3.8, 4) is 0 Å². The molecule has 0 radical (unpaired) electrons. The highest BCUT2D eigenvalue weighted by atomic mass is 35.5. The van der Waals surface area contributed by atoms with Gasteiger partial charge in [0, 0.05) is 11.9 Å². The molecule has 0 saturated heterocycles. The summed E-state index contributed by atoms with van der Waals surface area (Å²) in [5.41, 5.74) is 7.44. The Labute approximate surface area is 98.9 Å². The van der Waals surface area contributed by atoms with Crippen molar-refractivity contribution in [1.82, 2.24) is 15.0 Å². The summed E-state index contributed by atoms with van der Waals surface area (Å²) in [5.74, 6) is 0.723. The maximum absolute atomic E-state index is 5.97. The van der Waals surface area contributed by atoms with E-state index >= 15 is 0 Å². The van der Waals surface area contributed by atoms with Crippen LogP contribution >= 0.6 is 11.6 Å². The van der Waals surface area contributed by atoms with E-state index in [0.717, 1.165) is 30.1 Å². The van der Waals surface area contributed by atoms with Gasteiger partial charge in [-0.1, -0.05) is 17.7 Å². The summed E-state index contributed by atoms with van der Waals surface area (Å²) < 4.78 is 0. The summed E-state index contributed by atoms with van der Waals surface area (Å²) in [6, 6.07) is 5.87. The quantitative estimate of drug-likeness (QED) is 0.849. The summed E-state index contributed by atoms with van der Waals surface area (Å²) in [4.78, 5) is 11.5. The summed E-state index contributed by atoms with van der Waals surface area (Å²) in [6.45, 7) is 0.378. The number of nitrogens with zero attached hydrogens (tertiary/aromatic N) is 2. The first-order valence-electron chi connectivity index (χ1n) is 5.13. The molecule has 0 unspecified atom stereocenters. The number of rotatable bonds is 4. The molecule has 0 saturated carbocycles. The SMILES string of the molecule is NCc1nc(Cl)c(CCc2ccccn2)[nH]1. The van der Waals surface area contributed by atoms with E-state index < -0.39 is 0 Å². The maximum Gasteiger partial charge on any atom is 0.150 e. The monoisotopic (exact) mass is 236 g/mol. The molecular weight excluding hydrogens is 224 g/mol. The lowest BCUT2D eigenvalue weighted by atomic mass is 10.2. The van der Waals surface area contributed by atoms with Gasteiger partial charge in [0.2, 0.25) is 0 Å². The fourth-order valence-electron chi connectivity index (χ4n) is 1.50. The van der Waals surface area contributed by atoms with Crippen LogP contribution in [0.25, 0.3) is 0 Å². The second kappa shape index (κ2) is 5.09. The molecule has 5 heteroatoms. The third kappa shape index (κ3) is 2.59. The van der Waals surface area contributed by atoms with Crippen molar-refractivity contribution in [3.63, 3.8) is 0 Å². The number of aromatic nitrogens is 3. The van der Waals surface area contributed by atoms with E-state index in [1.165, 1.54) is 0 Å². The van der Waals surface area contributed by atoms with Crippen LogP contribution in [0.15, 0.2) is 24.4 Å². The van der Waals surface area contributed by atoms with Gasteiger partial charge in [0.25, 0.3) is 0 Å². The van der Waals surface area contributed by atoms with Crippen LogP contribution in [-0.2, 0) is 19.4 Å². The minimum atomic E-state index is 0.378. The van der Waals surface area contributed by atoms with Crippen LogP contribution in [0.4, 0.5) is 0 Å². The predicted molar refractivity (Wildman–Crippen MR) is 63.1 cm³/mol. The van der Waals surface area contributed by atoms with Gasteiger partial charge in [0.1, 0.15) is 11.0 Å². The first-order chi connectivity index (χ1) is 7.79. The van der Waals surface area contributed by atoms with Crippen molar-refractivity contribution in [2.24, 2.45) is 5.73 Å². The zero-order chi connectivity index (χ0) is 11.4. The lowest BCUT2D eigenvalue weighted by Gasteiger charge is -1.98. The Morgan fingerprint density at radius 2 is 2.19 bits per heavy atom. The van der Waals surface area contributed by atoms with Gasteiger partial charge in [0.05, 0.1) is 12.2 Å². The number of nitrogens with one attached hydrogen (secondary N) is 1. The highest BCUT2D eigenvalue weighted by Crippen LogP contribution is 2.14. The molecule has 16 heavy (non-hydrogen) atoms. The van der Waals surface area contributed by atoms with E-state index in [0.29, 0.717) is 11.7 Å². The molecule has 0 fully saturated rings. The molecule has 0 aliphatic carbocycles. The molecule has 0 spiro atoms. The van der Waals surface area contributed by atoms with E-state index in [-0.39, 0.29) is 0 Å². The van der Waals surface area contributed by atoms with Crippen LogP contribution in [0, 0.1) is 0 Å². The third-order valence-corrected chi connectivity index (χ3v) is 2.64. The molecule has 2 aromatic rings. The summed E-state index contributed by atoms with van der Waals surface area (Å²) in [5, 5.41) is 0.511. The Morgan fingerprint density at radius 3 is 2.81 bits per heavy atom. The Balaban J connectivity index is 2.02. The van der Waals surface area contributed by atoms with E-state index in [9.17, 15) is 0 Å². The normalized spacial score (nSPS) is 10.6. The minimum absolute atomic E-state index is 0.378.